The number of benzene rings is 1. The zero-order chi connectivity index (χ0) is 12.4. The fourth-order valence-corrected chi connectivity index (χ4v) is 2.22. The summed E-state index contributed by atoms with van der Waals surface area (Å²) in [7, 11) is 0. The summed E-state index contributed by atoms with van der Waals surface area (Å²) >= 11 is 0. The van der Waals surface area contributed by atoms with Crippen LogP contribution in [0.1, 0.15) is 23.2 Å². The largest absolute Gasteiger partial charge is 0.488 e. The molecule has 90 valence electrons. The van der Waals surface area contributed by atoms with Crippen LogP contribution in [0.15, 0.2) is 59.7 Å². The van der Waals surface area contributed by atoms with E-state index in [1.165, 1.54) is 0 Å². The molecule has 1 aromatic rings. The monoisotopic (exact) mass is 238 g/mol. The lowest BCUT2D eigenvalue weighted by Gasteiger charge is -2.18. The van der Waals surface area contributed by atoms with Gasteiger partial charge in [-0.1, -0.05) is 30.4 Å². The van der Waals surface area contributed by atoms with Crippen molar-refractivity contribution in [1.82, 2.24) is 0 Å². The van der Waals surface area contributed by atoms with E-state index in [0.29, 0.717) is 17.9 Å². The molecular weight excluding hydrogens is 224 g/mol. The Kier molecular flexibility index (Phi) is 2.85. The van der Waals surface area contributed by atoms with Gasteiger partial charge in [0.25, 0.3) is 0 Å². The Balaban J connectivity index is 1.93. The number of para-hydroxylation sites is 1. The Labute approximate surface area is 106 Å². The maximum Gasteiger partial charge on any atom is 0.196 e. The van der Waals surface area contributed by atoms with E-state index in [0.717, 1.165) is 24.0 Å². The molecule has 2 heteroatoms. The van der Waals surface area contributed by atoms with E-state index in [2.05, 4.69) is 18.2 Å². The number of carbonyl (C=O) groups is 1. The highest BCUT2D eigenvalue weighted by atomic mass is 16.5. The van der Waals surface area contributed by atoms with E-state index >= 15 is 0 Å². The number of ether oxygens (including phenoxy) is 1. The van der Waals surface area contributed by atoms with Gasteiger partial charge in [0.1, 0.15) is 12.4 Å². The highest BCUT2D eigenvalue weighted by Gasteiger charge is 2.22. The third kappa shape index (κ3) is 2.02. The second-order valence-electron chi connectivity index (χ2n) is 4.47. The predicted octanol–water partition coefficient (Wildman–Crippen LogP) is 3.46. The maximum atomic E-state index is 12.3. The van der Waals surface area contributed by atoms with Crippen LogP contribution in [0.2, 0.25) is 0 Å². The molecule has 0 unspecified atom stereocenters. The van der Waals surface area contributed by atoms with E-state index in [1.807, 2.05) is 30.3 Å². The highest BCUT2D eigenvalue weighted by Crippen LogP contribution is 2.27. The minimum absolute atomic E-state index is 0.0803. The van der Waals surface area contributed by atoms with Gasteiger partial charge in [0.15, 0.2) is 5.78 Å². The summed E-state index contributed by atoms with van der Waals surface area (Å²) in [5.41, 5.74) is 2.49. The average Bonchev–Trinajstić information content (AvgIpc) is 2.43. The average molecular weight is 238 g/mol. The second kappa shape index (κ2) is 4.65. The molecule has 1 aliphatic heterocycles. The molecular formula is C16H14O2. The number of fused-ring (bicyclic) bond motifs is 1. The summed E-state index contributed by atoms with van der Waals surface area (Å²) < 4.78 is 5.61. The van der Waals surface area contributed by atoms with Crippen LogP contribution < -0.4 is 4.74 Å². The van der Waals surface area contributed by atoms with Gasteiger partial charge in [0.2, 0.25) is 0 Å². The Morgan fingerprint density at radius 2 is 2.06 bits per heavy atom. The van der Waals surface area contributed by atoms with Crippen molar-refractivity contribution in [3.05, 3.63) is 65.3 Å². The van der Waals surface area contributed by atoms with Gasteiger partial charge < -0.3 is 4.74 Å². The molecule has 0 fully saturated rings. The third-order valence-corrected chi connectivity index (χ3v) is 3.17. The number of carbonyl (C=O) groups excluding carboxylic acids is 1. The number of hydrogen-bond donors (Lipinski definition) is 0. The number of hydrogen-bond acceptors (Lipinski definition) is 2. The van der Waals surface area contributed by atoms with Gasteiger partial charge in [-0.15, -0.1) is 0 Å². The summed E-state index contributed by atoms with van der Waals surface area (Å²) in [4.78, 5) is 12.3. The van der Waals surface area contributed by atoms with E-state index in [4.69, 9.17) is 4.74 Å². The molecule has 0 amide bonds. The zero-order valence-corrected chi connectivity index (χ0v) is 10.1. The molecule has 0 spiro atoms. The first-order valence-electron chi connectivity index (χ1n) is 6.18. The lowest BCUT2D eigenvalue weighted by atomic mass is 9.97. The first kappa shape index (κ1) is 11.0. The zero-order valence-electron chi connectivity index (χ0n) is 10.1. The molecule has 0 atom stereocenters. The van der Waals surface area contributed by atoms with Crippen molar-refractivity contribution in [1.29, 1.82) is 0 Å². The molecule has 2 nitrogen and oxygen atoms in total. The molecule has 3 rings (SSSR count). The Morgan fingerprint density at radius 1 is 1.17 bits per heavy atom. The molecule has 0 bridgehead atoms. The molecule has 1 aromatic carbocycles. The van der Waals surface area contributed by atoms with Crippen molar-refractivity contribution in [2.75, 3.05) is 6.61 Å². The summed E-state index contributed by atoms with van der Waals surface area (Å²) in [5, 5.41) is 0. The second-order valence-corrected chi connectivity index (χ2v) is 4.47. The molecule has 0 radical (unpaired) electrons. The Hall–Kier alpha value is -2.09. The standard InChI is InChI=1S/C16H14O2/c17-16-13(10-12-6-2-1-3-7-12)11-18-15-9-5-4-8-14(15)16/h2,4-10H,1,3,11H2/b13-10+. The van der Waals surface area contributed by atoms with Gasteiger partial charge in [-0.2, -0.15) is 0 Å². The minimum Gasteiger partial charge on any atom is -0.488 e. The van der Waals surface area contributed by atoms with Crippen LogP contribution >= 0.6 is 0 Å². The predicted molar refractivity (Wildman–Crippen MR) is 70.8 cm³/mol. The molecule has 0 aromatic heterocycles. The van der Waals surface area contributed by atoms with Crippen molar-refractivity contribution >= 4 is 5.78 Å². The molecule has 18 heavy (non-hydrogen) atoms. The van der Waals surface area contributed by atoms with E-state index < -0.39 is 0 Å². The summed E-state index contributed by atoms with van der Waals surface area (Å²) in [5.74, 6) is 0.768. The van der Waals surface area contributed by atoms with E-state index in [1.54, 1.807) is 0 Å². The minimum atomic E-state index is 0.0803. The normalized spacial score (nSPS) is 20.3. The van der Waals surface area contributed by atoms with Crippen molar-refractivity contribution in [2.45, 2.75) is 12.8 Å². The van der Waals surface area contributed by atoms with Crippen LogP contribution in [0.4, 0.5) is 0 Å². The summed E-state index contributed by atoms with van der Waals surface area (Å²) in [6.45, 7) is 0.362. The van der Waals surface area contributed by atoms with Crippen LogP contribution in [0.3, 0.4) is 0 Å². The van der Waals surface area contributed by atoms with Gasteiger partial charge in [0.05, 0.1) is 5.56 Å². The van der Waals surface area contributed by atoms with Crippen molar-refractivity contribution < 1.29 is 9.53 Å². The number of ketones is 1. The third-order valence-electron chi connectivity index (χ3n) is 3.17. The summed E-state index contributed by atoms with van der Waals surface area (Å²) in [6, 6.07) is 7.40. The lowest BCUT2D eigenvalue weighted by molar-refractivity contribution is 0.0999. The SMILES string of the molecule is O=C1/C(=C/C2=CCCC=C2)COc2ccccc21. The van der Waals surface area contributed by atoms with Gasteiger partial charge in [-0.25, -0.2) is 0 Å². The van der Waals surface area contributed by atoms with Crippen LogP contribution in [0.25, 0.3) is 0 Å². The van der Waals surface area contributed by atoms with Gasteiger partial charge in [-0.3, -0.25) is 4.79 Å². The topological polar surface area (TPSA) is 26.3 Å². The van der Waals surface area contributed by atoms with Crippen molar-refractivity contribution in [2.24, 2.45) is 0 Å². The molecule has 0 saturated carbocycles. The van der Waals surface area contributed by atoms with E-state index in [9.17, 15) is 4.79 Å². The first-order valence-corrected chi connectivity index (χ1v) is 6.18. The van der Waals surface area contributed by atoms with Gasteiger partial charge in [-0.05, 0) is 36.6 Å². The fourth-order valence-electron chi connectivity index (χ4n) is 2.22. The maximum absolute atomic E-state index is 12.3. The smallest absolute Gasteiger partial charge is 0.196 e. The fraction of sp³-hybridized carbons (Fsp3) is 0.188. The highest BCUT2D eigenvalue weighted by molar-refractivity contribution is 6.11. The number of Topliss-reactive ketones (excluding diaryl/α,β-unsaturated/α-hetero) is 1. The molecule has 0 saturated heterocycles. The first-order chi connectivity index (χ1) is 8.84. The molecule has 0 N–H and O–H groups in total. The quantitative estimate of drug-likeness (QED) is 0.700. The Morgan fingerprint density at radius 3 is 2.89 bits per heavy atom. The molecule has 1 aliphatic carbocycles. The van der Waals surface area contributed by atoms with Gasteiger partial charge >= 0.3 is 0 Å². The van der Waals surface area contributed by atoms with Crippen LogP contribution in [0.5, 0.6) is 5.75 Å². The van der Waals surface area contributed by atoms with Crippen LogP contribution in [-0.2, 0) is 0 Å². The molecule has 2 aliphatic rings. The number of allylic oxidation sites excluding steroid dienone is 5. The lowest BCUT2D eigenvalue weighted by Crippen LogP contribution is -2.19. The van der Waals surface area contributed by atoms with Crippen molar-refractivity contribution in [3.63, 3.8) is 0 Å². The molecule has 1 heterocycles. The van der Waals surface area contributed by atoms with Crippen LogP contribution in [-0.4, -0.2) is 12.4 Å². The van der Waals surface area contributed by atoms with E-state index in [-0.39, 0.29) is 5.78 Å². The number of rotatable bonds is 1. The Bertz CT molecular complexity index is 577. The van der Waals surface area contributed by atoms with Crippen molar-refractivity contribution in [3.8, 4) is 5.75 Å². The van der Waals surface area contributed by atoms with Crippen LogP contribution in [0, 0.1) is 0 Å². The summed E-state index contributed by atoms with van der Waals surface area (Å²) in [6.07, 6.45) is 10.4. The van der Waals surface area contributed by atoms with Gasteiger partial charge in [0, 0.05) is 5.57 Å².